The summed E-state index contributed by atoms with van der Waals surface area (Å²) in [5.41, 5.74) is 0.590. The fourth-order valence-corrected chi connectivity index (χ4v) is 3.85. The Morgan fingerprint density at radius 2 is 2.20 bits per heavy atom. The first-order valence-corrected chi connectivity index (χ1v) is 7.49. The topological polar surface area (TPSA) is 86.7 Å². The number of carboxylic acid groups (broad SMARTS) is 1. The number of sulfonamides is 1. The fraction of sp³-hybridized carbons (Fsp3) is 0.417. The van der Waals surface area contributed by atoms with E-state index in [-0.39, 0.29) is 13.1 Å². The zero-order valence-electron chi connectivity index (χ0n) is 10.8. The van der Waals surface area contributed by atoms with E-state index in [2.05, 4.69) is 5.32 Å². The van der Waals surface area contributed by atoms with Gasteiger partial charge >= 0.3 is 5.97 Å². The Bertz CT molecular complexity index is 632. The highest BCUT2D eigenvalue weighted by molar-refractivity contribution is 7.89. The van der Waals surface area contributed by atoms with Crippen LogP contribution < -0.4 is 5.32 Å². The van der Waals surface area contributed by atoms with Gasteiger partial charge in [-0.15, -0.1) is 0 Å². The summed E-state index contributed by atoms with van der Waals surface area (Å²) in [5, 5.41) is 11.9. The van der Waals surface area contributed by atoms with Crippen molar-refractivity contribution in [2.24, 2.45) is 0 Å². The standard InChI is InChI=1S/C12H15FN2O4S/c1-8-2-3-9(13)11(6-8)20(18,19)15-5-4-14-7-10(15)12(16)17/h2-3,6,10,14H,4-5,7H2,1H3,(H,16,17). The van der Waals surface area contributed by atoms with Crippen LogP contribution in [-0.4, -0.2) is 49.5 Å². The molecule has 1 aliphatic rings. The molecule has 0 bridgehead atoms. The number of hydrogen-bond donors (Lipinski definition) is 2. The number of hydrogen-bond acceptors (Lipinski definition) is 4. The molecular formula is C12H15FN2O4S. The van der Waals surface area contributed by atoms with Crippen molar-refractivity contribution in [2.75, 3.05) is 19.6 Å². The van der Waals surface area contributed by atoms with Crippen molar-refractivity contribution < 1.29 is 22.7 Å². The van der Waals surface area contributed by atoms with Crippen LogP contribution >= 0.6 is 0 Å². The SMILES string of the molecule is Cc1ccc(F)c(S(=O)(=O)N2CCNCC2C(=O)O)c1. The molecule has 110 valence electrons. The molecule has 20 heavy (non-hydrogen) atoms. The molecule has 6 nitrogen and oxygen atoms in total. The Balaban J connectivity index is 2.47. The summed E-state index contributed by atoms with van der Waals surface area (Å²) < 4.78 is 39.6. The van der Waals surface area contributed by atoms with Crippen molar-refractivity contribution >= 4 is 16.0 Å². The molecule has 1 aromatic carbocycles. The summed E-state index contributed by atoms with van der Waals surface area (Å²) in [4.78, 5) is 10.7. The van der Waals surface area contributed by atoms with Gasteiger partial charge in [-0.2, -0.15) is 4.31 Å². The van der Waals surface area contributed by atoms with Crippen LogP contribution in [0.15, 0.2) is 23.1 Å². The van der Waals surface area contributed by atoms with E-state index in [1.165, 1.54) is 12.1 Å². The lowest BCUT2D eigenvalue weighted by atomic mass is 10.2. The minimum atomic E-state index is -4.17. The highest BCUT2D eigenvalue weighted by Gasteiger charge is 2.38. The number of nitrogens with zero attached hydrogens (tertiary/aromatic N) is 1. The van der Waals surface area contributed by atoms with Gasteiger partial charge in [0.1, 0.15) is 16.8 Å². The van der Waals surface area contributed by atoms with Gasteiger partial charge in [0.2, 0.25) is 10.0 Å². The van der Waals surface area contributed by atoms with Crippen molar-refractivity contribution in [1.82, 2.24) is 9.62 Å². The highest BCUT2D eigenvalue weighted by Crippen LogP contribution is 2.23. The third kappa shape index (κ3) is 2.67. The van der Waals surface area contributed by atoms with Gasteiger partial charge < -0.3 is 10.4 Å². The predicted octanol–water partition coefficient (Wildman–Crippen LogP) is 0.181. The Hall–Kier alpha value is -1.51. The maximum absolute atomic E-state index is 13.8. The van der Waals surface area contributed by atoms with Gasteiger partial charge in [-0.3, -0.25) is 4.79 Å². The molecule has 1 unspecified atom stereocenters. The maximum Gasteiger partial charge on any atom is 0.323 e. The Morgan fingerprint density at radius 1 is 1.50 bits per heavy atom. The summed E-state index contributed by atoms with van der Waals surface area (Å²) in [5.74, 6) is -2.13. The molecule has 0 radical (unpaired) electrons. The number of nitrogens with one attached hydrogen (secondary N) is 1. The van der Waals surface area contributed by atoms with E-state index in [0.717, 1.165) is 10.4 Å². The molecule has 1 aromatic rings. The van der Waals surface area contributed by atoms with Gasteiger partial charge in [-0.05, 0) is 24.6 Å². The van der Waals surface area contributed by atoms with E-state index in [0.29, 0.717) is 12.1 Å². The summed E-state index contributed by atoms with van der Waals surface area (Å²) in [6.07, 6.45) is 0. The van der Waals surface area contributed by atoms with Crippen molar-refractivity contribution in [1.29, 1.82) is 0 Å². The number of halogens is 1. The lowest BCUT2D eigenvalue weighted by molar-refractivity contribution is -0.141. The number of rotatable bonds is 3. The Labute approximate surface area is 116 Å². The number of carboxylic acids is 1. The first kappa shape index (κ1) is 14.9. The molecule has 1 aliphatic heterocycles. The van der Waals surface area contributed by atoms with Crippen LogP contribution in [0.5, 0.6) is 0 Å². The molecule has 0 aromatic heterocycles. The second kappa shape index (κ2) is 5.47. The third-order valence-corrected chi connectivity index (χ3v) is 5.08. The quantitative estimate of drug-likeness (QED) is 0.832. The number of carbonyl (C=O) groups is 1. The second-order valence-electron chi connectivity index (χ2n) is 4.61. The first-order valence-electron chi connectivity index (χ1n) is 6.05. The fourth-order valence-electron chi connectivity index (χ4n) is 2.12. The summed E-state index contributed by atoms with van der Waals surface area (Å²) in [6, 6.07) is 2.51. The number of piperazine rings is 1. The van der Waals surface area contributed by atoms with E-state index in [1.54, 1.807) is 6.92 Å². The summed E-state index contributed by atoms with van der Waals surface area (Å²) >= 11 is 0. The van der Waals surface area contributed by atoms with E-state index in [4.69, 9.17) is 5.11 Å². The molecule has 8 heteroatoms. The highest BCUT2D eigenvalue weighted by atomic mass is 32.2. The van der Waals surface area contributed by atoms with Crippen LogP contribution in [0.2, 0.25) is 0 Å². The predicted molar refractivity (Wildman–Crippen MR) is 69.3 cm³/mol. The van der Waals surface area contributed by atoms with Crippen LogP contribution in [0.3, 0.4) is 0 Å². The van der Waals surface area contributed by atoms with Gasteiger partial charge in [0.05, 0.1) is 0 Å². The summed E-state index contributed by atoms with van der Waals surface area (Å²) in [6.45, 7) is 1.97. The van der Waals surface area contributed by atoms with Crippen LogP contribution in [0.1, 0.15) is 5.56 Å². The smallest absolute Gasteiger partial charge is 0.323 e. The number of aryl methyl sites for hydroxylation is 1. The molecule has 1 saturated heterocycles. The lowest BCUT2D eigenvalue weighted by Crippen LogP contribution is -2.56. The van der Waals surface area contributed by atoms with E-state index < -0.39 is 32.7 Å². The van der Waals surface area contributed by atoms with Crippen molar-refractivity contribution in [3.05, 3.63) is 29.6 Å². The number of aliphatic carboxylic acids is 1. The van der Waals surface area contributed by atoms with Crippen LogP contribution in [0.25, 0.3) is 0 Å². The molecule has 1 fully saturated rings. The van der Waals surface area contributed by atoms with E-state index in [1.807, 2.05) is 0 Å². The Kier molecular flexibility index (Phi) is 4.07. The van der Waals surface area contributed by atoms with E-state index in [9.17, 15) is 17.6 Å². The molecule has 1 atom stereocenters. The van der Waals surface area contributed by atoms with Gasteiger partial charge in [0.15, 0.2) is 0 Å². The van der Waals surface area contributed by atoms with Crippen LogP contribution in [0.4, 0.5) is 4.39 Å². The van der Waals surface area contributed by atoms with Crippen molar-refractivity contribution in [3.63, 3.8) is 0 Å². The van der Waals surface area contributed by atoms with Gasteiger partial charge in [-0.1, -0.05) is 6.07 Å². The zero-order chi connectivity index (χ0) is 14.9. The maximum atomic E-state index is 13.8. The normalized spacial score (nSPS) is 20.8. The molecular weight excluding hydrogens is 287 g/mol. The molecule has 1 heterocycles. The average molecular weight is 302 g/mol. The van der Waals surface area contributed by atoms with Gasteiger partial charge in [0, 0.05) is 19.6 Å². The van der Waals surface area contributed by atoms with Gasteiger partial charge in [-0.25, -0.2) is 12.8 Å². The summed E-state index contributed by atoms with van der Waals surface area (Å²) in [7, 11) is -4.17. The van der Waals surface area contributed by atoms with Crippen LogP contribution in [0, 0.1) is 12.7 Å². The van der Waals surface area contributed by atoms with E-state index >= 15 is 0 Å². The monoisotopic (exact) mass is 302 g/mol. The zero-order valence-corrected chi connectivity index (χ0v) is 11.7. The molecule has 0 spiro atoms. The van der Waals surface area contributed by atoms with Crippen molar-refractivity contribution in [3.8, 4) is 0 Å². The van der Waals surface area contributed by atoms with Gasteiger partial charge in [0.25, 0.3) is 0 Å². The lowest BCUT2D eigenvalue weighted by Gasteiger charge is -2.32. The second-order valence-corrected chi connectivity index (χ2v) is 6.47. The Morgan fingerprint density at radius 3 is 2.85 bits per heavy atom. The number of benzene rings is 1. The molecule has 2 N–H and O–H groups in total. The molecule has 0 amide bonds. The first-order chi connectivity index (χ1) is 9.34. The average Bonchev–Trinajstić information content (AvgIpc) is 2.41. The molecule has 0 saturated carbocycles. The largest absolute Gasteiger partial charge is 0.480 e. The minimum Gasteiger partial charge on any atom is -0.480 e. The van der Waals surface area contributed by atoms with Crippen molar-refractivity contribution in [2.45, 2.75) is 17.9 Å². The third-order valence-electron chi connectivity index (χ3n) is 3.15. The van der Waals surface area contributed by atoms with Crippen LogP contribution in [-0.2, 0) is 14.8 Å². The molecule has 2 rings (SSSR count). The minimum absolute atomic E-state index is 0.00198. The molecule has 0 aliphatic carbocycles.